The molecule has 0 radical (unpaired) electrons. The van der Waals surface area contributed by atoms with Crippen LogP contribution in [0.25, 0.3) is 5.82 Å². The smallest absolute Gasteiger partial charge is 0.342 e. The fraction of sp³-hybridized carbons (Fsp3) is 0.200. The molecule has 0 saturated heterocycles. The molecular formula is C20H19N3O3. The molecule has 6 heteroatoms. The maximum atomic E-state index is 12.5. The molecule has 0 fully saturated rings. The number of pyridine rings is 1. The van der Waals surface area contributed by atoms with Crippen LogP contribution in [0.5, 0.6) is 0 Å². The third-order valence-electron chi connectivity index (χ3n) is 3.87. The maximum Gasteiger partial charge on any atom is 0.342 e. The van der Waals surface area contributed by atoms with E-state index in [2.05, 4.69) is 10.1 Å². The maximum absolute atomic E-state index is 12.5. The van der Waals surface area contributed by atoms with Crippen LogP contribution in [-0.2, 0) is 4.74 Å². The van der Waals surface area contributed by atoms with Crippen molar-refractivity contribution in [1.82, 2.24) is 14.8 Å². The summed E-state index contributed by atoms with van der Waals surface area (Å²) in [5.41, 5.74) is 1.54. The number of carbonyl (C=O) groups is 2. The minimum Gasteiger partial charge on any atom is -0.454 e. The molecule has 0 spiro atoms. The first-order chi connectivity index (χ1) is 12.6. The highest BCUT2D eigenvalue weighted by Crippen LogP contribution is 2.23. The highest BCUT2D eigenvalue weighted by atomic mass is 16.5. The Hall–Kier alpha value is -3.28. The molecule has 0 amide bonds. The second-order valence-corrected chi connectivity index (χ2v) is 6.06. The van der Waals surface area contributed by atoms with E-state index in [-0.39, 0.29) is 18.3 Å². The Balaban J connectivity index is 1.79. The normalized spacial score (nSPS) is 10.7. The first-order valence-electron chi connectivity index (χ1n) is 8.32. The van der Waals surface area contributed by atoms with Crippen LogP contribution in [0, 0.1) is 0 Å². The van der Waals surface area contributed by atoms with E-state index in [1.165, 1.54) is 6.20 Å². The number of ether oxygens (including phenoxy) is 1. The second kappa shape index (κ2) is 7.74. The third kappa shape index (κ3) is 3.69. The van der Waals surface area contributed by atoms with Crippen molar-refractivity contribution in [3.8, 4) is 5.82 Å². The summed E-state index contributed by atoms with van der Waals surface area (Å²) in [7, 11) is 0. The van der Waals surface area contributed by atoms with Crippen LogP contribution in [0.2, 0.25) is 0 Å². The molecule has 0 saturated carbocycles. The summed E-state index contributed by atoms with van der Waals surface area (Å²) in [4.78, 5) is 28.9. The lowest BCUT2D eigenvalue weighted by Gasteiger charge is -2.11. The van der Waals surface area contributed by atoms with Gasteiger partial charge in [0.1, 0.15) is 5.56 Å². The van der Waals surface area contributed by atoms with E-state index in [1.807, 2.05) is 38.1 Å². The van der Waals surface area contributed by atoms with Crippen LogP contribution in [0.3, 0.4) is 0 Å². The highest BCUT2D eigenvalue weighted by Gasteiger charge is 2.23. The van der Waals surface area contributed by atoms with Gasteiger partial charge in [-0.2, -0.15) is 5.10 Å². The molecule has 0 bridgehead atoms. The van der Waals surface area contributed by atoms with Crippen molar-refractivity contribution in [2.45, 2.75) is 19.8 Å². The largest absolute Gasteiger partial charge is 0.454 e. The fourth-order valence-corrected chi connectivity index (χ4v) is 2.65. The lowest BCUT2D eigenvalue weighted by atomic mass is 10.1. The Morgan fingerprint density at radius 1 is 1.08 bits per heavy atom. The number of carbonyl (C=O) groups excluding carboxylic acids is 2. The standard InChI is InChI=1S/C20H19N3O3/c1-14(2)19-16(12-22-23(19)18-10-6-7-11-21-18)20(25)26-13-17(24)15-8-4-3-5-9-15/h3-12,14H,13H2,1-2H3. The summed E-state index contributed by atoms with van der Waals surface area (Å²) in [6.07, 6.45) is 3.12. The molecule has 1 aromatic carbocycles. The van der Waals surface area contributed by atoms with E-state index in [0.717, 1.165) is 0 Å². The molecule has 2 aromatic heterocycles. The first kappa shape index (κ1) is 17.5. The third-order valence-corrected chi connectivity index (χ3v) is 3.87. The first-order valence-corrected chi connectivity index (χ1v) is 8.32. The minimum absolute atomic E-state index is 0.0203. The monoisotopic (exact) mass is 349 g/mol. The Morgan fingerprint density at radius 2 is 1.81 bits per heavy atom. The molecule has 0 aliphatic heterocycles. The molecule has 0 unspecified atom stereocenters. The van der Waals surface area contributed by atoms with Crippen molar-refractivity contribution < 1.29 is 14.3 Å². The molecule has 3 rings (SSSR count). The lowest BCUT2D eigenvalue weighted by molar-refractivity contribution is 0.0473. The second-order valence-electron chi connectivity index (χ2n) is 6.06. The van der Waals surface area contributed by atoms with E-state index < -0.39 is 5.97 Å². The Bertz CT molecular complexity index is 903. The number of rotatable bonds is 6. The van der Waals surface area contributed by atoms with E-state index in [9.17, 15) is 9.59 Å². The summed E-state index contributed by atoms with van der Waals surface area (Å²) in [5, 5.41) is 4.28. The molecule has 132 valence electrons. The number of esters is 1. The Morgan fingerprint density at radius 3 is 2.46 bits per heavy atom. The Kier molecular flexibility index (Phi) is 5.22. The molecule has 26 heavy (non-hydrogen) atoms. The molecular weight excluding hydrogens is 330 g/mol. The predicted molar refractivity (Wildman–Crippen MR) is 96.5 cm³/mol. The number of hydrogen-bond acceptors (Lipinski definition) is 5. The van der Waals surface area contributed by atoms with Crippen molar-refractivity contribution in [3.63, 3.8) is 0 Å². The lowest BCUT2D eigenvalue weighted by Crippen LogP contribution is -2.16. The van der Waals surface area contributed by atoms with Crippen molar-refractivity contribution in [1.29, 1.82) is 0 Å². The van der Waals surface area contributed by atoms with Gasteiger partial charge in [-0.05, 0) is 18.1 Å². The molecule has 6 nitrogen and oxygen atoms in total. The number of benzene rings is 1. The van der Waals surface area contributed by atoms with Gasteiger partial charge in [-0.3, -0.25) is 4.79 Å². The molecule has 0 aliphatic carbocycles. The van der Waals surface area contributed by atoms with Crippen molar-refractivity contribution in [2.24, 2.45) is 0 Å². The minimum atomic E-state index is -0.569. The highest BCUT2D eigenvalue weighted by molar-refractivity contribution is 5.99. The van der Waals surface area contributed by atoms with Gasteiger partial charge in [-0.1, -0.05) is 50.2 Å². The van der Waals surface area contributed by atoms with Crippen LogP contribution >= 0.6 is 0 Å². The fourth-order valence-electron chi connectivity index (χ4n) is 2.65. The topological polar surface area (TPSA) is 74.1 Å². The van der Waals surface area contributed by atoms with Crippen LogP contribution in [0.1, 0.15) is 46.2 Å². The van der Waals surface area contributed by atoms with E-state index in [1.54, 1.807) is 35.1 Å². The van der Waals surface area contributed by atoms with Gasteiger partial charge in [0.2, 0.25) is 0 Å². The summed E-state index contributed by atoms with van der Waals surface area (Å²) in [6, 6.07) is 14.2. The molecule has 0 atom stereocenters. The molecule has 0 aliphatic rings. The van der Waals surface area contributed by atoms with Crippen LogP contribution in [0.4, 0.5) is 0 Å². The zero-order valence-corrected chi connectivity index (χ0v) is 14.6. The molecule has 0 N–H and O–H groups in total. The average Bonchev–Trinajstić information content (AvgIpc) is 3.13. The van der Waals surface area contributed by atoms with Crippen molar-refractivity contribution in [3.05, 3.63) is 77.7 Å². The SMILES string of the molecule is CC(C)c1c(C(=O)OCC(=O)c2ccccc2)cnn1-c1ccccn1. The van der Waals surface area contributed by atoms with Gasteiger partial charge < -0.3 is 4.74 Å². The van der Waals surface area contributed by atoms with E-state index >= 15 is 0 Å². The summed E-state index contributed by atoms with van der Waals surface area (Å²) in [5.74, 6) is -0.176. The Labute approximate surface area is 151 Å². The van der Waals surface area contributed by atoms with Crippen LogP contribution < -0.4 is 0 Å². The van der Waals surface area contributed by atoms with E-state index in [0.29, 0.717) is 22.6 Å². The summed E-state index contributed by atoms with van der Waals surface area (Å²) < 4.78 is 6.85. The zero-order valence-electron chi connectivity index (χ0n) is 14.6. The van der Waals surface area contributed by atoms with Crippen molar-refractivity contribution in [2.75, 3.05) is 6.61 Å². The average molecular weight is 349 g/mol. The quantitative estimate of drug-likeness (QED) is 0.503. The van der Waals surface area contributed by atoms with Crippen LogP contribution in [-0.4, -0.2) is 33.1 Å². The molecule has 3 aromatic rings. The van der Waals surface area contributed by atoms with Crippen molar-refractivity contribution >= 4 is 11.8 Å². The van der Waals surface area contributed by atoms with Gasteiger partial charge in [0, 0.05) is 11.8 Å². The number of Topliss-reactive ketones (excluding diaryl/α,β-unsaturated/α-hetero) is 1. The van der Waals surface area contributed by atoms with Gasteiger partial charge in [0.15, 0.2) is 18.2 Å². The predicted octanol–water partition coefficient (Wildman–Crippen LogP) is 3.43. The number of aromatic nitrogens is 3. The van der Waals surface area contributed by atoms with Gasteiger partial charge in [-0.15, -0.1) is 0 Å². The number of nitrogens with zero attached hydrogens (tertiary/aromatic N) is 3. The summed E-state index contributed by atoms with van der Waals surface area (Å²) >= 11 is 0. The van der Waals surface area contributed by atoms with Gasteiger partial charge in [-0.25, -0.2) is 14.5 Å². The van der Waals surface area contributed by atoms with E-state index in [4.69, 9.17) is 4.74 Å². The van der Waals surface area contributed by atoms with Gasteiger partial charge in [0.25, 0.3) is 0 Å². The number of hydrogen-bond donors (Lipinski definition) is 0. The van der Waals surface area contributed by atoms with Gasteiger partial charge in [0.05, 0.1) is 11.9 Å². The summed E-state index contributed by atoms with van der Waals surface area (Å²) in [6.45, 7) is 3.61. The zero-order chi connectivity index (χ0) is 18.5. The molecule has 2 heterocycles. The van der Waals surface area contributed by atoms with Crippen LogP contribution in [0.15, 0.2) is 60.9 Å². The van der Waals surface area contributed by atoms with Gasteiger partial charge >= 0.3 is 5.97 Å². The number of ketones is 1.